The van der Waals surface area contributed by atoms with Crippen molar-refractivity contribution in [2.75, 3.05) is 28.6 Å². The van der Waals surface area contributed by atoms with Gasteiger partial charge in [-0.1, -0.05) is 6.92 Å². The molecule has 11 nitrogen and oxygen atoms in total. The highest BCUT2D eigenvalue weighted by molar-refractivity contribution is 6.08. The molecule has 0 saturated carbocycles. The molecule has 1 aromatic heterocycles. The van der Waals surface area contributed by atoms with E-state index in [0.717, 1.165) is 25.9 Å². The maximum Gasteiger partial charge on any atom is 0.270 e. The van der Waals surface area contributed by atoms with Crippen LogP contribution in [0.3, 0.4) is 0 Å². The quantitative estimate of drug-likeness (QED) is 0.389. The minimum Gasteiger partial charge on any atom is -0.371 e. The Morgan fingerprint density at radius 1 is 1.09 bits per heavy atom. The summed E-state index contributed by atoms with van der Waals surface area (Å²) < 4.78 is 1.45. The van der Waals surface area contributed by atoms with Crippen LogP contribution < -0.4 is 15.5 Å². The molecular formula is C24H27N7O4. The molecule has 0 bridgehead atoms. The van der Waals surface area contributed by atoms with Crippen molar-refractivity contribution in [1.29, 1.82) is 0 Å². The summed E-state index contributed by atoms with van der Waals surface area (Å²) >= 11 is 0. The van der Waals surface area contributed by atoms with Gasteiger partial charge >= 0.3 is 0 Å². The molecule has 0 spiro atoms. The maximum atomic E-state index is 13.2. The lowest BCUT2D eigenvalue weighted by Gasteiger charge is -2.33. The van der Waals surface area contributed by atoms with Crippen molar-refractivity contribution >= 4 is 34.6 Å². The van der Waals surface area contributed by atoms with Gasteiger partial charge in [0.25, 0.3) is 11.6 Å². The Kier molecular flexibility index (Phi) is 7.04. The van der Waals surface area contributed by atoms with Gasteiger partial charge in [0.1, 0.15) is 18.7 Å². The minimum atomic E-state index is -0.540. The first kappa shape index (κ1) is 23.9. The lowest BCUT2D eigenvalue weighted by Crippen LogP contribution is -2.34. The zero-order valence-corrected chi connectivity index (χ0v) is 19.5. The Hall–Kier alpha value is -4.28. The molecule has 1 atom stereocenters. The lowest BCUT2D eigenvalue weighted by molar-refractivity contribution is -0.384. The summed E-state index contributed by atoms with van der Waals surface area (Å²) in [6, 6.07) is 10.5. The second kappa shape index (κ2) is 10.3. The van der Waals surface area contributed by atoms with Crippen LogP contribution in [0, 0.1) is 16.0 Å². The van der Waals surface area contributed by atoms with Gasteiger partial charge in [0, 0.05) is 36.6 Å². The molecule has 35 heavy (non-hydrogen) atoms. The Labute approximate surface area is 202 Å². The summed E-state index contributed by atoms with van der Waals surface area (Å²) in [4.78, 5) is 42.4. The number of amides is 2. The molecule has 1 saturated heterocycles. The van der Waals surface area contributed by atoms with Crippen LogP contribution in [-0.2, 0) is 4.79 Å². The van der Waals surface area contributed by atoms with Gasteiger partial charge in [-0.3, -0.25) is 19.7 Å². The van der Waals surface area contributed by atoms with E-state index < -0.39 is 16.9 Å². The van der Waals surface area contributed by atoms with Crippen LogP contribution in [0.4, 0.5) is 22.7 Å². The highest BCUT2D eigenvalue weighted by Crippen LogP contribution is 2.30. The second-order valence-corrected chi connectivity index (χ2v) is 8.70. The smallest absolute Gasteiger partial charge is 0.270 e. The number of nitro groups is 1. The average molecular weight is 478 g/mol. The zero-order valence-electron chi connectivity index (χ0n) is 19.5. The van der Waals surface area contributed by atoms with Crippen molar-refractivity contribution in [3.05, 3.63) is 70.8 Å². The van der Waals surface area contributed by atoms with Crippen molar-refractivity contribution in [3.8, 4) is 0 Å². The molecular weight excluding hydrogens is 450 g/mol. The Balaban J connectivity index is 1.47. The Bertz CT molecular complexity index is 1200. The fourth-order valence-electron chi connectivity index (χ4n) is 3.96. The number of hydrogen-bond donors (Lipinski definition) is 2. The highest BCUT2D eigenvalue weighted by Gasteiger charge is 2.24. The van der Waals surface area contributed by atoms with Crippen molar-refractivity contribution < 1.29 is 14.5 Å². The largest absolute Gasteiger partial charge is 0.371 e. The fraction of sp³-hybridized carbons (Fsp3) is 0.333. The first-order valence-electron chi connectivity index (χ1n) is 11.4. The van der Waals surface area contributed by atoms with E-state index in [1.807, 2.05) is 0 Å². The number of carbonyl (C=O) groups is 2. The predicted molar refractivity (Wildman–Crippen MR) is 131 cm³/mol. The number of benzene rings is 2. The van der Waals surface area contributed by atoms with Crippen LogP contribution in [0.25, 0.3) is 0 Å². The molecule has 1 fully saturated rings. The van der Waals surface area contributed by atoms with E-state index >= 15 is 0 Å². The first-order valence-corrected chi connectivity index (χ1v) is 11.4. The number of anilines is 3. The highest BCUT2D eigenvalue weighted by atomic mass is 16.6. The van der Waals surface area contributed by atoms with E-state index in [-0.39, 0.29) is 17.2 Å². The van der Waals surface area contributed by atoms with Gasteiger partial charge in [0.05, 0.1) is 16.2 Å². The monoisotopic (exact) mass is 477 g/mol. The van der Waals surface area contributed by atoms with Gasteiger partial charge in [0.15, 0.2) is 0 Å². The van der Waals surface area contributed by atoms with Crippen LogP contribution in [0.1, 0.15) is 43.1 Å². The zero-order chi connectivity index (χ0) is 24.9. The molecule has 11 heteroatoms. The van der Waals surface area contributed by atoms with Crippen LogP contribution in [0.5, 0.6) is 0 Å². The van der Waals surface area contributed by atoms with E-state index in [0.29, 0.717) is 23.0 Å². The number of hydrogen-bond acceptors (Lipinski definition) is 7. The van der Waals surface area contributed by atoms with Crippen LogP contribution in [0.2, 0.25) is 0 Å². The van der Waals surface area contributed by atoms with Crippen molar-refractivity contribution in [3.63, 3.8) is 0 Å². The lowest BCUT2D eigenvalue weighted by atomic mass is 9.98. The third-order valence-electron chi connectivity index (χ3n) is 6.18. The maximum absolute atomic E-state index is 13.2. The molecule has 2 amide bonds. The minimum absolute atomic E-state index is 0.135. The normalized spacial score (nSPS) is 14.9. The number of nitrogens with zero attached hydrogens (tertiary/aromatic N) is 5. The third kappa shape index (κ3) is 5.62. The van der Waals surface area contributed by atoms with Crippen molar-refractivity contribution in [2.45, 2.75) is 32.7 Å². The summed E-state index contributed by atoms with van der Waals surface area (Å²) in [7, 11) is 0. The number of carbonyl (C=O) groups excluding carboxylic acids is 2. The molecule has 3 aromatic rings. The van der Waals surface area contributed by atoms with Crippen LogP contribution >= 0.6 is 0 Å². The molecule has 0 radical (unpaired) electrons. The van der Waals surface area contributed by atoms with E-state index in [2.05, 4.69) is 32.5 Å². The number of non-ortho nitro benzene ring substituents is 1. The topological polar surface area (TPSA) is 135 Å². The summed E-state index contributed by atoms with van der Waals surface area (Å²) in [5.74, 6) is -0.0805. The number of nitrogens with one attached hydrogen (secondary N) is 2. The molecule has 2 heterocycles. The van der Waals surface area contributed by atoms with Gasteiger partial charge in [-0.2, -0.15) is 5.10 Å². The molecule has 2 N–H and O–H groups in total. The van der Waals surface area contributed by atoms with Gasteiger partial charge in [-0.25, -0.2) is 9.67 Å². The third-order valence-corrected chi connectivity index (χ3v) is 6.18. The van der Waals surface area contributed by atoms with E-state index in [4.69, 9.17) is 0 Å². The van der Waals surface area contributed by atoms with Crippen LogP contribution in [-0.4, -0.2) is 44.6 Å². The van der Waals surface area contributed by atoms with Gasteiger partial charge in [0.2, 0.25) is 5.91 Å². The average Bonchev–Trinajstić information content (AvgIpc) is 3.40. The molecule has 2 aromatic carbocycles. The SMILES string of the molecule is CC1CCN(c2ccc([N+](=O)[O-])cc2C(=O)Nc2ccc(NC(=O)C(C)n3cncn3)cc2)CC1. The molecule has 182 valence electrons. The molecule has 0 aliphatic carbocycles. The predicted octanol–water partition coefficient (Wildman–Crippen LogP) is 3.87. The van der Waals surface area contributed by atoms with Crippen molar-refractivity contribution in [1.82, 2.24) is 14.8 Å². The standard InChI is InChI=1S/C24H27N7O4/c1-16-9-11-29(12-10-16)22-8-7-20(31(34)35)13-21(22)24(33)28-19-5-3-18(4-6-19)27-23(32)17(2)30-15-25-14-26-30/h3-8,13-17H,9-12H2,1-2H3,(H,27,32)(H,28,33). The molecule has 1 aliphatic heterocycles. The van der Waals surface area contributed by atoms with E-state index in [1.54, 1.807) is 37.3 Å². The van der Waals surface area contributed by atoms with Crippen molar-refractivity contribution in [2.24, 2.45) is 5.92 Å². The Morgan fingerprint density at radius 2 is 1.74 bits per heavy atom. The van der Waals surface area contributed by atoms with Gasteiger partial charge < -0.3 is 15.5 Å². The number of nitro benzene ring substituents is 1. The molecule has 1 unspecified atom stereocenters. The second-order valence-electron chi connectivity index (χ2n) is 8.70. The summed E-state index contributed by atoms with van der Waals surface area (Å²) in [5.41, 5.74) is 1.86. The van der Waals surface area contributed by atoms with Gasteiger partial charge in [-0.15, -0.1) is 0 Å². The molecule has 4 rings (SSSR count). The number of rotatable bonds is 7. The first-order chi connectivity index (χ1) is 16.8. The summed E-state index contributed by atoms with van der Waals surface area (Å²) in [6.07, 6.45) is 4.83. The summed E-state index contributed by atoms with van der Waals surface area (Å²) in [5, 5.41) is 20.9. The fourth-order valence-corrected chi connectivity index (χ4v) is 3.96. The van der Waals surface area contributed by atoms with Crippen LogP contribution in [0.15, 0.2) is 55.1 Å². The van der Waals surface area contributed by atoms with E-state index in [1.165, 1.54) is 29.5 Å². The summed E-state index contributed by atoms with van der Waals surface area (Å²) in [6.45, 7) is 5.49. The van der Waals surface area contributed by atoms with E-state index in [9.17, 15) is 19.7 Å². The van der Waals surface area contributed by atoms with Gasteiger partial charge in [-0.05, 0) is 56.0 Å². The Morgan fingerprint density at radius 3 is 2.34 bits per heavy atom. The molecule has 1 aliphatic rings. The number of aromatic nitrogens is 3. The number of piperidine rings is 1.